The van der Waals surface area contributed by atoms with Crippen LogP contribution in [-0.4, -0.2) is 0 Å². The predicted octanol–water partition coefficient (Wildman–Crippen LogP) is 3.90. The molecule has 13 heavy (non-hydrogen) atoms. The molecule has 1 rings (SSSR count). The largest absolute Gasteiger partial charge is 0.102 e. The zero-order valence-corrected chi connectivity index (χ0v) is 9.02. The van der Waals surface area contributed by atoms with Gasteiger partial charge in [0.25, 0.3) is 0 Å². The third-order valence-electron chi connectivity index (χ3n) is 2.94. The minimum Gasteiger partial charge on any atom is -0.102 e. The first kappa shape index (κ1) is 10.0. The molecule has 0 N–H and O–H groups in total. The fraction of sp³-hybridized carbons (Fsp3) is 0.385. The van der Waals surface area contributed by atoms with Crippen LogP contribution in [0.2, 0.25) is 0 Å². The van der Waals surface area contributed by atoms with Crippen molar-refractivity contribution in [3.63, 3.8) is 0 Å². The third-order valence-corrected chi connectivity index (χ3v) is 2.94. The molecule has 0 saturated carbocycles. The molecule has 0 radical (unpaired) electrons. The number of hydrogen-bond acceptors (Lipinski definition) is 0. The Hall–Kier alpha value is -1.04. The van der Waals surface area contributed by atoms with Crippen LogP contribution in [0.15, 0.2) is 24.8 Å². The van der Waals surface area contributed by atoms with Crippen molar-refractivity contribution in [1.29, 1.82) is 0 Å². The molecule has 0 aliphatic carbocycles. The van der Waals surface area contributed by atoms with Gasteiger partial charge < -0.3 is 0 Å². The zero-order valence-electron chi connectivity index (χ0n) is 9.02. The van der Waals surface area contributed by atoms with Gasteiger partial charge in [0.2, 0.25) is 0 Å². The molecule has 1 aromatic rings. The topological polar surface area (TPSA) is 0 Å². The summed E-state index contributed by atoms with van der Waals surface area (Å²) in [5.74, 6) is 0.458. The van der Waals surface area contributed by atoms with E-state index in [1.807, 2.05) is 6.08 Å². The van der Waals surface area contributed by atoms with E-state index in [9.17, 15) is 0 Å². The van der Waals surface area contributed by atoms with Crippen molar-refractivity contribution in [2.24, 2.45) is 0 Å². The van der Waals surface area contributed by atoms with E-state index in [2.05, 4.69) is 46.4 Å². The minimum atomic E-state index is 0.458. The molecule has 0 amide bonds. The van der Waals surface area contributed by atoms with Gasteiger partial charge in [-0.25, -0.2) is 0 Å². The first-order valence-corrected chi connectivity index (χ1v) is 4.77. The summed E-state index contributed by atoms with van der Waals surface area (Å²) in [6.07, 6.45) is 2.00. The first-order chi connectivity index (χ1) is 6.07. The van der Waals surface area contributed by atoms with Gasteiger partial charge in [0.15, 0.2) is 0 Å². The maximum absolute atomic E-state index is 3.83. The van der Waals surface area contributed by atoms with Gasteiger partial charge in [0.1, 0.15) is 0 Å². The average Bonchev–Trinajstić information content (AvgIpc) is 2.13. The SMILES string of the molecule is C=CC(C)c1ccc(C)c(C)c1C. The highest BCUT2D eigenvalue weighted by Gasteiger charge is 2.07. The Bertz CT molecular complexity index is 321. The molecule has 1 atom stereocenters. The molecule has 0 nitrogen and oxygen atoms in total. The fourth-order valence-corrected chi connectivity index (χ4v) is 1.60. The van der Waals surface area contributed by atoms with Gasteiger partial charge in [-0.3, -0.25) is 0 Å². The van der Waals surface area contributed by atoms with Crippen LogP contribution in [0.5, 0.6) is 0 Å². The molecule has 1 unspecified atom stereocenters. The van der Waals surface area contributed by atoms with Gasteiger partial charge in [0.05, 0.1) is 0 Å². The predicted molar refractivity (Wildman–Crippen MR) is 59.3 cm³/mol. The van der Waals surface area contributed by atoms with E-state index in [-0.39, 0.29) is 0 Å². The zero-order chi connectivity index (χ0) is 10.0. The molecule has 70 valence electrons. The Morgan fingerprint density at radius 1 is 1.15 bits per heavy atom. The van der Waals surface area contributed by atoms with Crippen LogP contribution in [0.25, 0.3) is 0 Å². The lowest BCUT2D eigenvalue weighted by molar-refractivity contribution is 0.947. The Balaban J connectivity index is 3.25. The van der Waals surface area contributed by atoms with E-state index in [0.29, 0.717) is 5.92 Å². The van der Waals surface area contributed by atoms with E-state index in [4.69, 9.17) is 0 Å². The monoisotopic (exact) mass is 174 g/mol. The average molecular weight is 174 g/mol. The molecule has 0 aromatic heterocycles. The molecule has 0 saturated heterocycles. The second kappa shape index (κ2) is 3.78. The van der Waals surface area contributed by atoms with E-state index in [1.54, 1.807) is 0 Å². The van der Waals surface area contributed by atoms with Gasteiger partial charge in [-0.2, -0.15) is 0 Å². The van der Waals surface area contributed by atoms with Crippen molar-refractivity contribution < 1.29 is 0 Å². The van der Waals surface area contributed by atoms with E-state index >= 15 is 0 Å². The molecule has 0 heteroatoms. The molecule has 0 bridgehead atoms. The Morgan fingerprint density at radius 3 is 2.31 bits per heavy atom. The van der Waals surface area contributed by atoms with Crippen molar-refractivity contribution in [2.75, 3.05) is 0 Å². The summed E-state index contributed by atoms with van der Waals surface area (Å²) in [7, 11) is 0. The second-order valence-corrected chi connectivity index (χ2v) is 3.75. The summed E-state index contributed by atoms with van der Waals surface area (Å²) in [5.41, 5.74) is 5.59. The second-order valence-electron chi connectivity index (χ2n) is 3.75. The molecular formula is C13H18. The van der Waals surface area contributed by atoms with E-state index in [0.717, 1.165) is 0 Å². The maximum Gasteiger partial charge on any atom is -0.00104 e. The number of rotatable bonds is 2. The van der Waals surface area contributed by atoms with Gasteiger partial charge in [0, 0.05) is 0 Å². The molecule has 1 aromatic carbocycles. The van der Waals surface area contributed by atoms with Gasteiger partial charge in [-0.15, -0.1) is 6.58 Å². The lowest BCUT2D eigenvalue weighted by Crippen LogP contribution is -1.97. The summed E-state index contributed by atoms with van der Waals surface area (Å²) in [6.45, 7) is 12.5. The van der Waals surface area contributed by atoms with Crippen LogP contribution in [0.3, 0.4) is 0 Å². The normalized spacial score (nSPS) is 12.6. The minimum absolute atomic E-state index is 0.458. The lowest BCUT2D eigenvalue weighted by atomic mass is 9.91. The molecule has 0 aliphatic rings. The Labute approximate surface area is 81.3 Å². The van der Waals surface area contributed by atoms with Gasteiger partial charge >= 0.3 is 0 Å². The first-order valence-electron chi connectivity index (χ1n) is 4.77. The van der Waals surface area contributed by atoms with Gasteiger partial charge in [-0.1, -0.05) is 25.1 Å². The van der Waals surface area contributed by atoms with Crippen LogP contribution >= 0.6 is 0 Å². The van der Waals surface area contributed by atoms with Crippen molar-refractivity contribution >= 4 is 0 Å². The molecule has 0 heterocycles. The third kappa shape index (κ3) is 1.82. The lowest BCUT2D eigenvalue weighted by Gasteiger charge is -2.14. The highest BCUT2D eigenvalue weighted by Crippen LogP contribution is 2.24. The summed E-state index contributed by atoms with van der Waals surface area (Å²) < 4.78 is 0. The van der Waals surface area contributed by atoms with E-state index < -0.39 is 0 Å². The number of hydrogen-bond donors (Lipinski definition) is 0. The van der Waals surface area contributed by atoms with Crippen LogP contribution in [0, 0.1) is 20.8 Å². The molecule has 0 spiro atoms. The van der Waals surface area contributed by atoms with Crippen LogP contribution in [-0.2, 0) is 0 Å². The molecule has 0 fully saturated rings. The quantitative estimate of drug-likeness (QED) is 0.596. The summed E-state index contributed by atoms with van der Waals surface area (Å²) >= 11 is 0. The number of allylic oxidation sites excluding steroid dienone is 1. The summed E-state index contributed by atoms with van der Waals surface area (Å²) in [5, 5.41) is 0. The summed E-state index contributed by atoms with van der Waals surface area (Å²) in [4.78, 5) is 0. The molecule has 0 aliphatic heterocycles. The Morgan fingerprint density at radius 2 is 1.77 bits per heavy atom. The fourth-order valence-electron chi connectivity index (χ4n) is 1.60. The van der Waals surface area contributed by atoms with Gasteiger partial charge in [-0.05, 0) is 48.9 Å². The number of aryl methyl sites for hydroxylation is 1. The van der Waals surface area contributed by atoms with Crippen LogP contribution in [0.1, 0.15) is 35.1 Å². The highest BCUT2D eigenvalue weighted by atomic mass is 14.1. The highest BCUT2D eigenvalue weighted by molar-refractivity contribution is 5.41. The Kier molecular flexibility index (Phi) is 2.92. The van der Waals surface area contributed by atoms with Crippen molar-refractivity contribution in [3.8, 4) is 0 Å². The summed E-state index contributed by atoms with van der Waals surface area (Å²) in [6, 6.07) is 4.40. The number of benzene rings is 1. The standard InChI is InChI=1S/C13H18/c1-6-9(2)13-8-7-10(3)11(4)12(13)5/h6-9H,1H2,2-5H3. The van der Waals surface area contributed by atoms with Crippen molar-refractivity contribution in [2.45, 2.75) is 33.6 Å². The smallest absolute Gasteiger partial charge is 0.00104 e. The van der Waals surface area contributed by atoms with E-state index in [1.165, 1.54) is 22.3 Å². The molecular weight excluding hydrogens is 156 g/mol. The van der Waals surface area contributed by atoms with Crippen molar-refractivity contribution in [3.05, 3.63) is 47.0 Å². The maximum atomic E-state index is 3.83. The van der Waals surface area contributed by atoms with Crippen LogP contribution < -0.4 is 0 Å². The van der Waals surface area contributed by atoms with Crippen molar-refractivity contribution in [1.82, 2.24) is 0 Å². The van der Waals surface area contributed by atoms with Crippen LogP contribution in [0.4, 0.5) is 0 Å².